The van der Waals surface area contributed by atoms with Crippen LogP contribution in [0.1, 0.15) is 93.9 Å². The van der Waals surface area contributed by atoms with Crippen LogP contribution in [0.25, 0.3) is 0 Å². The molecule has 1 aliphatic carbocycles. The molecular weight excluding hydrogens is 404 g/mol. The highest BCUT2D eigenvalue weighted by atomic mass is 16.6. The van der Waals surface area contributed by atoms with Crippen LogP contribution in [0.15, 0.2) is 12.2 Å². The van der Waals surface area contributed by atoms with Crippen molar-refractivity contribution in [3.8, 4) is 0 Å². The number of hydrogen-bond acceptors (Lipinski definition) is 6. The van der Waals surface area contributed by atoms with E-state index in [-0.39, 0.29) is 46.3 Å². The van der Waals surface area contributed by atoms with E-state index in [0.29, 0.717) is 12.8 Å². The lowest BCUT2D eigenvalue weighted by Gasteiger charge is -2.46. The van der Waals surface area contributed by atoms with Crippen molar-refractivity contribution in [2.75, 3.05) is 0 Å². The summed E-state index contributed by atoms with van der Waals surface area (Å²) >= 11 is 0. The Balaban J connectivity index is 1.66. The predicted octanol–water partition coefficient (Wildman–Crippen LogP) is 4.27. The lowest BCUT2D eigenvalue weighted by atomic mass is 9.79. The molecule has 2 N–H and O–H groups in total. The lowest BCUT2D eigenvalue weighted by Crippen LogP contribution is -2.60. The summed E-state index contributed by atoms with van der Waals surface area (Å²) in [6, 6.07) is 0. The molecule has 0 bridgehead atoms. The van der Waals surface area contributed by atoms with E-state index in [4.69, 9.17) is 9.47 Å². The van der Waals surface area contributed by atoms with Crippen LogP contribution in [0.4, 0.5) is 0 Å². The number of esters is 2. The van der Waals surface area contributed by atoms with E-state index in [1.54, 1.807) is 0 Å². The van der Waals surface area contributed by atoms with Crippen LogP contribution in [-0.2, 0) is 19.1 Å². The molecule has 3 rings (SSSR count). The zero-order chi connectivity index (χ0) is 23.9. The van der Waals surface area contributed by atoms with Gasteiger partial charge in [-0.05, 0) is 68.2 Å². The van der Waals surface area contributed by atoms with Crippen molar-refractivity contribution >= 4 is 11.9 Å². The van der Waals surface area contributed by atoms with Gasteiger partial charge in [0.1, 0.15) is 12.2 Å². The number of ether oxygens (including phenoxy) is 2. The third kappa shape index (κ3) is 6.57. The van der Waals surface area contributed by atoms with Gasteiger partial charge in [-0.25, -0.2) is 0 Å². The standard InChI is InChI=1S/C26H44N2O4/c1-23(2)13-17(14-24(3,4)27-23)31-21(29)19-11-9-10-12-20(19)22(30)32-18-15-25(5,6)28-26(7,8)16-18/h9-10,17-20,27-28H,11-16H2,1-8H3. The van der Waals surface area contributed by atoms with Crippen LogP contribution in [0, 0.1) is 11.8 Å². The molecule has 0 aromatic carbocycles. The van der Waals surface area contributed by atoms with Crippen LogP contribution in [0.5, 0.6) is 0 Å². The molecule has 32 heavy (non-hydrogen) atoms. The van der Waals surface area contributed by atoms with Crippen LogP contribution < -0.4 is 10.6 Å². The van der Waals surface area contributed by atoms with Gasteiger partial charge in [0.2, 0.25) is 0 Å². The first-order valence-corrected chi connectivity index (χ1v) is 12.2. The normalized spacial score (nSPS) is 31.6. The van der Waals surface area contributed by atoms with Gasteiger partial charge in [0.15, 0.2) is 0 Å². The van der Waals surface area contributed by atoms with Crippen molar-refractivity contribution in [2.24, 2.45) is 11.8 Å². The number of carbonyl (C=O) groups excluding carboxylic acids is 2. The van der Waals surface area contributed by atoms with E-state index in [0.717, 1.165) is 25.7 Å². The molecule has 2 heterocycles. The van der Waals surface area contributed by atoms with Gasteiger partial charge in [-0.15, -0.1) is 0 Å². The minimum absolute atomic E-state index is 0.105. The molecule has 0 saturated carbocycles. The zero-order valence-electron chi connectivity index (χ0n) is 21.3. The van der Waals surface area contributed by atoms with Crippen LogP contribution in [0.3, 0.4) is 0 Å². The van der Waals surface area contributed by atoms with Crippen LogP contribution in [0.2, 0.25) is 0 Å². The number of nitrogens with one attached hydrogen (secondary N) is 2. The van der Waals surface area contributed by atoms with Crippen LogP contribution >= 0.6 is 0 Å². The van der Waals surface area contributed by atoms with E-state index in [1.807, 2.05) is 12.2 Å². The summed E-state index contributed by atoms with van der Waals surface area (Å²) in [5.74, 6) is -1.48. The number of allylic oxidation sites excluding steroid dienone is 2. The predicted molar refractivity (Wildman–Crippen MR) is 126 cm³/mol. The zero-order valence-corrected chi connectivity index (χ0v) is 21.3. The van der Waals surface area contributed by atoms with E-state index < -0.39 is 11.8 Å². The van der Waals surface area contributed by atoms with E-state index in [9.17, 15) is 9.59 Å². The molecule has 2 unspecified atom stereocenters. The van der Waals surface area contributed by atoms with Crippen molar-refractivity contribution in [1.29, 1.82) is 0 Å². The fourth-order valence-corrected chi connectivity index (χ4v) is 6.46. The molecule has 2 saturated heterocycles. The smallest absolute Gasteiger partial charge is 0.310 e. The highest BCUT2D eigenvalue weighted by Gasteiger charge is 2.44. The van der Waals surface area contributed by atoms with Gasteiger partial charge in [-0.1, -0.05) is 12.2 Å². The molecule has 0 spiro atoms. The summed E-state index contributed by atoms with van der Waals surface area (Å²) < 4.78 is 12.0. The maximum atomic E-state index is 13.2. The third-order valence-electron chi connectivity index (χ3n) is 6.91. The van der Waals surface area contributed by atoms with Gasteiger partial charge in [0.05, 0.1) is 11.8 Å². The summed E-state index contributed by atoms with van der Waals surface area (Å²) in [5, 5.41) is 7.24. The first-order valence-electron chi connectivity index (χ1n) is 12.2. The molecular formula is C26H44N2O4. The third-order valence-corrected chi connectivity index (χ3v) is 6.91. The van der Waals surface area contributed by atoms with Crippen molar-refractivity contribution < 1.29 is 19.1 Å². The molecule has 3 aliphatic rings. The fraction of sp³-hybridized carbons (Fsp3) is 0.846. The van der Waals surface area contributed by atoms with Crippen LogP contribution in [-0.4, -0.2) is 46.3 Å². The average Bonchev–Trinajstić information content (AvgIpc) is 2.55. The molecule has 2 atom stereocenters. The molecule has 6 heteroatoms. The van der Waals surface area contributed by atoms with Crippen molar-refractivity contribution in [3.63, 3.8) is 0 Å². The van der Waals surface area contributed by atoms with E-state index in [1.165, 1.54) is 0 Å². The second kappa shape index (κ2) is 8.75. The molecule has 182 valence electrons. The Bertz CT molecular complexity index is 659. The van der Waals surface area contributed by atoms with Gasteiger partial charge in [0, 0.05) is 47.8 Å². The molecule has 6 nitrogen and oxygen atoms in total. The highest BCUT2D eigenvalue weighted by Crippen LogP contribution is 2.35. The number of rotatable bonds is 4. The average molecular weight is 449 g/mol. The maximum Gasteiger partial charge on any atom is 0.310 e. The molecule has 2 fully saturated rings. The lowest BCUT2D eigenvalue weighted by molar-refractivity contribution is -0.171. The second-order valence-electron chi connectivity index (χ2n) is 12.9. The first-order chi connectivity index (χ1) is 14.6. The van der Waals surface area contributed by atoms with Gasteiger partial charge < -0.3 is 20.1 Å². The number of carbonyl (C=O) groups is 2. The Morgan fingerprint density at radius 2 is 0.906 bits per heavy atom. The topological polar surface area (TPSA) is 76.7 Å². The molecule has 0 radical (unpaired) electrons. The fourth-order valence-electron chi connectivity index (χ4n) is 6.46. The second-order valence-corrected chi connectivity index (χ2v) is 12.9. The van der Waals surface area contributed by atoms with Gasteiger partial charge in [-0.3, -0.25) is 9.59 Å². The summed E-state index contributed by atoms with van der Waals surface area (Å²) in [7, 11) is 0. The molecule has 0 amide bonds. The first kappa shape index (κ1) is 25.2. The summed E-state index contributed by atoms with van der Waals surface area (Å²) in [6.45, 7) is 17.1. The minimum atomic E-state index is -0.476. The quantitative estimate of drug-likeness (QED) is 0.494. The van der Waals surface area contributed by atoms with Gasteiger partial charge in [-0.2, -0.15) is 0 Å². The van der Waals surface area contributed by atoms with Crippen molar-refractivity contribution in [2.45, 2.75) is 128 Å². The van der Waals surface area contributed by atoms with E-state index >= 15 is 0 Å². The molecule has 0 aromatic heterocycles. The van der Waals surface area contributed by atoms with Gasteiger partial charge >= 0.3 is 11.9 Å². The Hall–Kier alpha value is -1.40. The molecule has 0 aromatic rings. The van der Waals surface area contributed by atoms with Crippen molar-refractivity contribution in [3.05, 3.63) is 12.2 Å². The molecule has 2 aliphatic heterocycles. The van der Waals surface area contributed by atoms with Gasteiger partial charge in [0.25, 0.3) is 0 Å². The maximum absolute atomic E-state index is 13.2. The Kier molecular flexibility index (Phi) is 6.90. The minimum Gasteiger partial charge on any atom is -0.462 e. The largest absolute Gasteiger partial charge is 0.462 e. The monoisotopic (exact) mass is 448 g/mol. The Morgan fingerprint density at radius 1 is 0.625 bits per heavy atom. The summed E-state index contributed by atoms with van der Waals surface area (Å²) in [5.41, 5.74) is -0.420. The number of piperidine rings is 2. The summed E-state index contributed by atoms with van der Waals surface area (Å²) in [6.07, 6.45) is 7.78. The summed E-state index contributed by atoms with van der Waals surface area (Å²) in [4.78, 5) is 26.4. The Morgan fingerprint density at radius 3 is 1.19 bits per heavy atom. The van der Waals surface area contributed by atoms with Crippen molar-refractivity contribution in [1.82, 2.24) is 10.6 Å². The Labute approximate surface area is 194 Å². The SMILES string of the molecule is CC1(C)CC(OC(=O)C2CC=CCC2C(=O)OC2CC(C)(C)NC(C)(C)C2)CC(C)(C)N1. The highest BCUT2D eigenvalue weighted by molar-refractivity contribution is 5.83. The van der Waals surface area contributed by atoms with E-state index in [2.05, 4.69) is 66.0 Å². The number of hydrogen-bond donors (Lipinski definition) is 2.